The molecule has 1 aromatic heterocycles. The molecule has 2 amide bonds. The molecule has 2 fully saturated rings. The normalized spacial score (nSPS) is 18.8. The van der Waals surface area contributed by atoms with Gasteiger partial charge >= 0.3 is 0 Å². The number of piperazine rings is 1. The van der Waals surface area contributed by atoms with Gasteiger partial charge in [-0.3, -0.25) is 14.5 Å². The van der Waals surface area contributed by atoms with Crippen LogP contribution in [0, 0.1) is 0 Å². The van der Waals surface area contributed by atoms with Crippen LogP contribution in [-0.4, -0.2) is 96.9 Å². The van der Waals surface area contributed by atoms with Gasteiger partial charge in [0, 0.05) is 48.5 Å². The summed E-state index contributed by atoms with van der Waals surface area (Å²) in [7, 11) is 2.17. The average Bonchev–Trinajstić information content (AvgIpc) is 3.14. The van der Waals surface area contributed by atoms with Crippen molar-refractivity contribution in [3.63, 3.8) is 0 Å². The molecule has 0 spiro atoms. The molecule has 3 heterocycles. The van der Waals surface area contributed by atoms with Gasteiger partial charge < -0.3 is 14.7 Å². The smallest absolute Gasteiger partial charge is 0.264 e. The summed E-state index contributed by atoms with van der Waals surface area (Å²) in [5.41, 5.74) is 0. The number of hydrogen-bond donors (Lipinski definition) is 0. The van der Waals surface area contributed by atoms with E-state index in [0.717, 1.165) is 42.7 Å². The van der Waals surface area contributed by atoms with E-state index in [-0.39, 0.29) is 36.8 Å². The minimum Gasteiger partial charge on any atom is -0.339 e. The highest BCUT2D eigenvalue weighted by Gasteiger charge is 2.29. The van der Waals surface area contributed by atoms with Gasteiger partial charge in [0.1, 0.15) is 6.54 Å². The molecule has 2 aromatic rings. The van der Waals surface area contributed by atoms with E-state index >= 15 is 0 Å². The zero-order chi connectivity index (χ0) is 23.5. The Balaban J connectivity index is 0.00000324. The lowest BCUT2D eigenvalue weighted by Gasteiger charge is -2.42. The minimum absolute atomic E-state index is 0. The molecule has 182 valence electrons. The van der Waals surface area contributed by atoms with E-state index < -0.39 is 0 Å². The van der Waals surface area contributed by atoms with Crippen LogP contribution in [0.5, 0.6) is 0 Å². The van der Waals surface area contributed by atoms with Gasteiger partial charge in [-0.15, -0.1) is 23.7 Å². The molecule has 6 nitrogen and oxygen atoms in total. The van der Waals surface area contributed by atoms with Crippen molar-refractivity contribution in [1.82, 2.24) is 19.6 Å². The van der Waals surface area contributed by atoms with E-state index in [0.29, 0.717) is 35.6 Å². The number of carbonyl (C=O) groups is 2. The molecule has 0 saturated carbocycles. The van der Waals surface area contributed by atoms with Crippen LogP contribution in [0.1, 0.15) is 37.2 Å². The molecule has 0 radical (unpaired) electrons. The van der Waals surface area contributed by atoms with Gasteiger partial charge in [0.2, 0.25) is 5.91 Å². The predicted octanol–water partition coefficient (Wildman–Crippen LogP) is 4.07. The highest BCUT2D eigenvalue weighted by molar-refractivity contribution is 7.20. The fourth-order valence-corrected chi connectivity index (χ4v) is 5.91. The van der Waals surface area contributed by atoms with E-state index in [2.05, 4.69) is 16.8 Å². The Hall–Kier alpha value is -1.38. The first-order valence-corrected chi connectivity index (χ1v) is 12.7. The van der Waals surface area contributed by atoms with Crippen LogP contribution >= 0.6 is 35.3 Å². The van der Waals surface area contributed by atoms with Crippen LogP contribution in [0.2, 0.25) is 5.02 Å². The largest absolute Gasteiger partial charge is 0.339 e. The number of amides is 2. The van der Waals surface area contributed by atoms with Gasteiger partial charge in [-0.2, -0.15) is 0 Å². The Kier molecular flexibility index (Phi) is 8.88. The van der Waals surface area contributed by atoms with E-state index in [4.69, 9.17) is 13.0 Å². The lowest BCUT2D eigenvalue weighted by molar-refractivity contribution is -0.134. The third-order valence-electron chi connectivity index (χ3n) is 6.58. The molecule has 0 aliphatic carbocycles. The monoisotopic (exact) mass is 513 g/mol. The minimum atomic E-state index is -0.238. The number of fused-ring (bicyclic) bond motifs is 1. The molecule has 2 aliphatic rings. The van der Waals surface area contributed by atoms with Gasteiger partial charge in [0.05, 0.1) is 6.25 Å². The van der Waals surface area contributed by atoms with Gasteiger partial charge in [0.15, 0.2) is 0 Å². The average molecular weight is 515 g/mol. The third-order valence-corrected chi connectivity index (χ3v) is 7.85. The second kappa shape index (κ2) is 11.8. The number of piperidine rings is 1. The number of rotatable bonds is 6. The third kappa shape index (κ3) is 6.40. The molecular formula is C24H34Cl2N4O2S. The van der Waals surface area contributed by atoms with E-state index in [1.807, 2.05) is 11.8 Å². The number of benzene rings is 1. The van der Waals surface area contributed by atoms with Crippen molar-refractivity contribution in [3.8, 4) is 0 Å². The van der Waals surface area contributed by atoms with Crippen molar-refractivity contribution >= 4 is 57.2 Å². The Labute approximate surface area is 213 Å². The predicted molar refractivity (Wildman–Crippen MR) is 139 cm³/mol. The Morgan fingerprint density at radius 2 is 1.88 bits per heavy atom. The maximum Gasteiger partial charge on any atom is 0.264 e. The van der Waals surface area contributed by atoms with Gasteiger partial charge in [0.25, 0.3) is 5.91 Å². The maximum atomic E-state index is 13.3. The molecule has 0 atom stereocenters. The molecule has 9 heteroatoms. The number of halogens is 2. The van der Waals surface area contributed by atoms with Crippen LogP contribution in [-0.2, 0) is 4.79 Å². The quantitative estimate of drug-likeness (QED) is 0.584. The van der Waals surface area contributed by atoms with Crippen LogP contribution < -0.4 is 0 Å². The fraction of sp³-hybridized carbons (Fsp3) is 0.583. The zero-order valence-electron chi connectivity index (χ0n) is 20.4. The van der Waals surface area contributed by atoms with Crippen molar-refractivity contribution in [2.75, 3.05) is 59.4 Å². The second-order valence-electron chi connectivity index (χ2n) is 8.87. The standard InChI is InChI=1S/C24H33ClN4O2S.ClH/c1-3-8-29(24(31)22-15-18-4-5-19(25)16-21(18)32-22)17-23(30)28-13-11-27(12-14-28)20-6-9-26(2)10-7-20;/h4-5,15-16,20H,3,6-14,17H2,1-2H3;1H/i15D;. The van der Waals surface area contributed by atoms with E-state index in [1.54, 1.807) is 23.1 Å². The van der Waals surface area contributed by atoms with E-state index in [9.17, 15) is 9.59 Å². The first-order valence-electron chi connectivity index (χ1n) is 12.1. The first-order chi connectivity index (χ1) is 15.9. The van der Waals surface area contributed by atoms with Crippen molar-refractivity contribution in [3.05, 3.63) is 34.1 Å². The fourth-order valence-electron chi connectivity index (χ4n) is 4.66. The summed E-state index contributed by atoms with van der Waals surface area (Å²) >= 11 is 7.37. The van der Waals surface area contributed by atoms with Gasteiger partial charge in [-0.05, 0) is 63.0 Å². The number of nitrogens with zero attached hydrogens (tertiary/aromatic N) is 4. The second-order valence-corrected chi connectivity index (χ2v) is 10.4. The van der Waals surface area contributed by atoms with Crippen molar-refractivity contribution in [2.24, 2.45) is 0 Å². The van der Waals surface area contributed by atoms with E-state index in [1.165, 1.54) is 24.2 Å². The number of hydrogen-bond acceptors (Lipinski definition) is 5. The number of likely N-dealkylation sites (tertiary alicyclic amines) is 1. The van der Waals surface area contributed by atoms with Crippen LogP contribution in [0.3, 0.4) is 0 Å². The van der Waals surface area contributed by atoms with Crippen molar-refractivity contribution in [1.29, 1.82) is 0 Å². The molecule has 4 rings (SSSR count). The number of thiophene rings is 1. The van der Waals surface area contributed by atoms with Crippen LogP contribution in [0.25, 0.3) is 10.1 Å². The summed E-state index contributed by atoms with van der Waals surface area (Å²) in [6.45, 7) is 8.06. The van der Waals surface area contributed by atoms with Gasteiger partial charge in [-0.1, -0.05) is 24.6 Å². The Morgan fingerprint density at radius 3 is 2.55 bits per heavy atom. The summed E-state index contributed by atoms with van der Waals surface area (Å²) in [5, 5.41) is 1.31. The van der Waals surface area contributed by atoms with Crippen molar-refractivity contribution < 1.29 is 11.0 Å². The van der Waals surface area contributed by atoms with Crippen LogP contribution in [0.4, 0.5) is 0 Å². The molecule has 0 N–H and O–H groups in total. The molecule has 2 aliphatic heterocycles. The summed E-state index contributed by atoms with van der Waals surface area (Å²) in [5.74, 6) is -0.243. The molecule has 1 aromatic carbocycles. The Bertz CT molecular complexity index is 1000. The highest BCUT2D eigenvalue weighted by Crippen LogP contribution is 2.29. The summed E-state index contributed by atoms with van der Waals surface area (Å²) in [6.07, 6.45) is 3.14. The highest BCUT2D eigenvalue weighted by atomic mass is 35.5. The molecule has 0 bridgehead atoms. The Morgan fingerprint density at radius 1 is 1.18 bits per heavy atom. The SMILES string of the molecule is Cl.[2H]c1c(C(=O)N(CCC)CC(=O)N2CCN(C3CCN(C)CC3)CC2)sc2cc(Cl)ccc12. The van der Waals surface area contributed by atoms with Crippen molar-refractivity contribution in [2.45, 2.75) is 32.2 Å². The molecule has 33 heavy (non-hydrogen) atoms. The maximum absolute atomic E-state index is 13.3. The topological polar surface area (TPSA) is 47.1 Å². The zero-order valence-corrected chi connectivity index (χ0v) is 21.8. The number of carbonyl (C=O) groups excluding carboxylic acids is 2. The summed E-state index contributed by atoms with van der Waals surface area (Å²) in [6, 6.07) is 6.15. The van der Waals surface area contributed by atoms with Crippen LogP contribution in [0.15, 0.2) is 24.2 Å². The summed E-state index contributed by atoms with van der Waals surface area (Å²) < 4.78 is 9.29. The first kappa shape index (κ1) is 24.7. The molecule has 2 saturated heterocycles. The molecular weight excluding hydrogens is 479 g/mol. The molecule has 0 unspecified atom stereocenters. The lowest BCUT2D eigenvalue weighted by Crippen LogP contribution is -2.55. The van der Waals surface area contributed by atoms with Gasteiger partial charge in [-0.25, -0.2) is 0 Å². The lowest BCUT2D eigenvalue weighted by atomic mass is 10.0. The summed E-state index contributed by atoms with van der Waals surface area (Å²) in [4.78, 5) is 35.2.